The van der Waals surface area contributed by atoms with E-state index in [4.69, 9.17) is 9.84 Å². The molecular weight excluding hydrogens is 218 g/mol. The molecule has 2 N–H and O–H groups in total. The maximum Gasteiger partial charge on any atom is 0.262 e. The van der Waals surface area contributed by atoms with Gasteiger partial charge in [0.05, 0.1) is 6.61 Å². The van der Waals surface area contributed by atoms with E-state index in [1.807, 2.05) is 31.2 Å². The second-order valence-electron chi connectivity index (χ2n) is 4.46. The summed E-state index contributed by atoms with van der Waals surface area (Å²) >= 11 is 0. The molecule has 0 aromatic heterocycles. The number of nitrogens with one attached hydrogen (secondary N) is 1. The van der Waals surface area contributed by atoms with Crippen molar-refractivity contribution in [3.63, 3.8) is 0 Å². The first-order valence-electron chi connectivity index (χ1n) is 5.80. The Morgan fingerprint density at radius 2 is 2.24 bits per heavy atom. The van der Waals surface area contributed by atoms with Gasteiger partial charge in [0.1, 0.15) is 5.75 Å². The van der Waals surface area contributed by atoms with Crippen molar-refractivity contribution in [3.8, 4) is 5.75 Å². The molecule has 3 unspecified atom stereocenters. The van der Waals surface area contributed by atoms with Crippen LogP contribution >= 0.6 is 0 Å². The number of carbonyl (C=O) groups is 1. The Hall–Kier alpha value is -1.55. The van der Waals surface area contributed by atoms with E-state index in [2.05, 4.69) is 5.32 Å². The molecule has 0 bridgehead atoms. The number of rotatable bonds is 3. The zero-order valence-corrected chi connectivity index (χ0v) is 10.0. The molecular formula is C13H17NO3. The number of fused-ring (bicyclic) bond motifs is 1. The van der Waals surface area contributed by atoms with Crippen LogP contribution in [-0.4, -0.2) is 29.8 Å². The molecule has 17 heavy (non-hydrogen) atoms. The highest BCUT2D eigenvalue weighted by Crippen LogP contribution is 2.37. The van der Waals surface area contributed by atoms with Crippen LogP contribution in [0.25, 0.3) is 0 Å². The topological polar surface area (TPSA) is 58.6 Å². The molecule has 1 aliphatic heterocycles. The molecule has 1 aromatic carbocycles. The van der Waals surface area contributed by atoms with E-state index < -0.39 is 6.10 Å². The largest absolute Gasteiger partial charge is 0.480 e. The smallest absolute Gasteiger partial charge is 0.262 e. The molecule has 0 fully saturated rings. The molecule has 1 aromatic rings. The fourth-order valence-electron chi connectivity index (χ4n) is 2.02. The highest BCUT2D eigenvalue weighted by atomic mass is 16.5. The van der Waals surface area contributed by atoms with Crippen LogP contribution in [-0.2, 0) is 4.79 Å². The van der Waals surface area contributed by atoms with Crippen molar-refractivity contribution in [1.82, 2.24) is 5.32 Å². The van der Waals surface area contributed by atoms with Crippen LogP contribution in [0.15, 0.2) is 24.3 Å². The van der Waals surface area contributed by atoms with Gasteiger partial charge in [-0.15, -0.1) is 0 Å². The van der Waals surface area contributed by atoms with Crippen LogP contribution in [0.4, 0.5) is 0 Å². The summed E-state index contributed by atoms with van der Waals surface area (Å²) in [6, 6.07) is 7.43. The van der Waals surface area contributed by atoms with Gasteiger partial charge in [0, 0.05) is 17.5 Å². The molecule has 1 aliphatic rings. The number of carbonyl (C=O) groups excluding carboxylic acids is 1. The number of ether oxygens (including phenoxy) is 1. The molecule has 0 aliphatic carbocycles. The first-order chi connectivity index (χ1) is 8.13. The van der Waals surface area contributed by atoms with Crippen LogP contribution in [0, 0.1) is 0 Å². The highest BCUT2D eigenvalue weighted by molar-refractivity contribution is 5.83. The number of para-hydroxylation sites is 1. The number of hydrogen-bond acceptors (Lipinski definition) is 3. The quantitative estimate of drug-likeness (QED) is 0.823. The predicted molar refractivity (Wildman–Crippen MR) is 64.0 cm³/mol. The Morgan fingerprint density at radius 1 is 1.53 bits per heavy atom. The fraction of sp³-hybridized carbons (Fsp3) is 0.462. The second kappa shape index (κ2) is 4.75. The summed E-state index contributed by atoms with van der Waals surface area (Å²) in [4.78, 5) is 11.9. The minimum absolute atomic E-state index is 0.0390. The number of hydrogen-bond donors (Lipinski definition) is 2. The Labute approximate surface area is 101 Å². The Bertz CT molecular complexity index is 419. The Kier molecular flexibility index (Phi) is 3.33. The number of benzene rings is 1. The van der Waals surface area contributed by atoms with Gasteiger partial charge >= 0.3 is 0 Å². The summed E-state index contributed by atoms with van der Waals surface area (Å²) in [5.74, 6) is 0.643. The van der Waals surface area contributed by atoms with E-state index in [-0.39, 0.29) is 24.5 Å². The van der Waals surface area contributed by atoms with E-state index in [1.165, 1.54) is 0 Å². The van der Waals surface area contributed by atoms with Gasteiger partial charge in [-0.1, -0.05) is 25.1 Å². The van der Waals surface area contributed by atoms with Crippen LogP contribution in [0.2, 0.25) is 0 Å². The first kappa shape index (κ1) is 11.9. The number of aliphatic hydroxyl groups excluding tert-OH is 1. The van der Waals surface area contributed by atoms with Gasteiger partial charge in [0.15, 0.2) is 6.10 Å². The summed E-state index contributed by atoms with van der Waals surface area (Å²) in [5.41, 5.74) is 1.06. The monoisotopic (exact) mass is 235 g/mol. The van der Waals surface area contributed by atoms with Crippen molar-refractivity contribution in [3.05, 3.63) is 29.8 Å². The van der Waals surface area contributed by atoms with Gasteiger partial charge in [0.25, 0.3) is 5.91 Å². The van der Waals surface area contributed by atoms with Crippen LogP contribution < -0.4 is 10.1 Å². The average Bonchev–Trinajstić information content (AvgIpc) is 2.67. The van der Waals surface area contributed by atoms with Crippen molar-refractivity contribution in [1.29, 1.82) is 0 Å². The molecule has 1 amide bonds. The minimum Gasteiger partial charge on any atom is -0.480 e. The van der Waals surface area contributed by atoms with Crippen molar-refractivity contribution < 1.29 is 14.6 Å². The van der Waals surface area contributed by atoms with Gasteiger partial charge in [-0.3, -0.25) is 4.79 Å². The zero-order valence-electron chi connectivity index (χ0n) is 10.0. The lowest BCUT2D eigenvalue weighted by Gasteiger charge is -2.18. The first-order valence-corrected chi connectivity index (χ1v) is 5.80. The van der Waals surface area contributed by atoms with Gasteiger partial charge in [0.2, 0.25) is 0 Å². The van der Waals surface area contributed by atoms with Gasteiger partial charge < -0.3 is 15.2 Å². The molecule has 0 radical (unpaired) electrons. The average molecular weight is 235 g/mol. The summed E-state index contributed by atoms with van der Waals surface area (Å²) in [7, 11) is 0. The molecule has 0 spiro atoms. The van der Waals surface area contributed by atoms with Crippen LogP contribution in [0.5, 0.6) is 5.75 Å². The second-order valence-corrected chi connectivity index (χ2v) is 4.46. The van der Waals surface area contributed by atoms with Crippen LogP contribution in [0.3, 0.4) is 0 Å². The molecule has 0 saturated heterocycles. The van der Waals surface area contributed by atoms with E-state index in [9.17, 15) is 4.79 Å². The minimum atomic E-state index is -0.499. The standard InChI is InChI=1S/C13H17NO3/c1-8(7-15)14-13(16)12-9(2)10-5-3-4-6-11(10)17-12/h3-6,8-9,12,15H,7H2,1-2H3,(H,14,16). The van der Waals surface area contributed by atoms with Crippen LogP contribution in [0.1, 0.15) is 25.3 Å². The Morgan fingerprint density at radius 3 is 2.88 bits per heavy atom. The predicted octanol–water partition coefficient (Wildman–Crippen LogP) is 1.05. The number of aliphatic hydroxyl groups is 1. The van der Waals surface area contributed by atoms with Crippen molar-refractivity contribution in [2.75, 3.05) is 6.61 Å². The van der Waals surface area contributed by atoms with Gasteiger partial charge in [-0.2, -0.15) is 0 Å². The Balaban J connectivity index is 2.09. The van der Waals surface area contributed by atoms with E-state index in [1.54, 1.807) is 6.92 Å². The van der Waals surface area contributed by atoms with E-state index in [0.717, 1.165) is 11.3 Å². The highest BCUT2D eigenvalue weighted by Gasteiger charge is 2.36. The molecule has 3 atom stereocenters. The third-order valence-corrected chi connectivity index (χ3v) is 3.04. The lowest BCUT2D eigenvalue weighted by atomic mass is 9.97. The third kappa shape index (κ3) is 2.26. The molecule has 2 rings (SSSR count). The number of amides is 1. The lowest BCUT2D eigenvalue weighted by Crippen LogP contribution is -2.44. The molecule has 0 saturated carbocycles. The SMILES string of the molecule is CC(CO)NC(=O)C1Oc2ccccc2C1C. The maximum absolute atomic E-state index is 11.9. The van der Waals surface area contributed by atoms with Crippen molar-refractivity contribution in [2.24, 2.45) is 0 Å². The summed E-state index contributed by atoms with van der Waals surface area (Å²) in [5, 5.41) is 11.6. The van der Waals surface area contributed by atoms with E-state index >= 15 is 0 Å². The van der Waals surface area contributed by atoms with E-state index in [0.29, 0.717) is 0 Å². The fourth-order valence-corrected chi connectivity index (χ4v) is 2.02. The van der Waals surface area contributed by atoms with Crippen molar-refractivity contribution >= 4 is 5.91 Å². The summed E-state index contributed by atoms with van der Waals surface area (Å²) in [6.45, 7) is 3.66. The maximum atomic E-state index is 11.9. The molecule has 92 valence electrons. The van der Waals surface area contributed by atoms with Gasteiger partial charge in [-0.05, 0) is 13.0 Å². The lowest BCUT2D eigenvalue weighted by molar-refractivity contribution is -0.128. The van der Waals surface area contributed by atoms with Gasteiger partial charge in [-0.25, -0.2) is 0 Å². The van der Waals surface area contributed by atoms with Crippen molar-refractivity contribution in [2.45, 2.75) is 31.9 Å². The summed E-state index contributed by atoms with van der Waals surface area (Å²) in [6.07, 6.45) is -0.499. The third-order valence-electron chi connectivity index (χ3n) is 3.04. The zero-order chi connectivity index (χ0) is 12.4. The molecule has 1 heterocycles. The molecule has 4 heteroatoms. The molecule has 4 nitrogen and oxygen atoms in total. The summed E-state index contributed by atoms with van der Waals surface area (Å²) < 4.78 is 5.63. The normalized spacial score (nSPS) is 23.7.